The number of nitrogens with zero attached hydrogens (tertiary/aromatic N) is 3. The fourth-order valence-electron chi connectivity index (χ4n) is 3.79. The Morgan fingerprint density at radius 3 is 2.59 bits per heavy atom. The predicted octanol–water partition coefficient (Wildman–Crippen LogP) is 3.25. The molecule has 1 aromatic heterocycles. The molecule has 1 aromatic carbocycles. The van der Waals surface area contributed by atoms with E-state index in [1.165, 1.54) is 10.3 Å². The highest BCUT2D eigenvalue weighted by Crippen LogP contribution is 2.38. The van der Waals surface area contributed by atoms with Crippen LogP contribution in [0.5, 0.6) is 5.75 Å². The number of anilines is 1. The molecule has 0 N–H and O–H groups in total. The van der Waals surface area contributed by atoms with Gasteiger partial charge in [-0.15, -0.1) is 0 Å². The van der Waals surface area contributed by atoms with Crippen molar-refractivity contribution in [2.24, 2.45) is 5.92 Å². The van der Waals surface area contributed by atoms with E-state index in [4.69, 9.17) is 9.72 Å². The molecule has 0 unspecified atom stereocenters. The van der Waals surface area contributed by atoms with E-state index < -0.39 is 10.0 Å². The van der Waals surface area contributed by atoms with Gasteiger partial charge >= 0.3 is 0 Å². The van der Waals surface area contributed by atoms with Gasteiger partial charge in [0.2, 0.25) is 10.0 Å². The van der Waals surface area contributed by atoms with Crippen LogP contribution in [0.2, 0.25) is 0 Å². The molecule has 148 valence electrons. The Hall–Kier alpha value is -1.38. The first-order chi connectivity index (χ1) is 12.9. The number of fused-ring (bicyclic) bond motifs is 1. The number of ether oxygens (including phenoxy) is 1. The van der Waals surface area contributed by atoms with Crippen LogP contribution in [-0.2, 0) is 10.0 Å². The molecule has 8 heteroatoms. The summed E-state index contributed by atoms with van der Waals surface area (Å²) in [5, 5.41) is 0.915. The zero-order valence-corrected chi connectivity index (χ0v) is 17.8. The minimum atomic E-state index is -3.07. The topological polar surface area (TPSA) is 62.7 Å². The van der Waals surface area contributed by atoms with Gasteiger partial charge in [-0.2, -0.15) is 0 Å². The third-order valence-electron chi connectivity index (χ3n) is 5.69. The summed E-state index contributed by atoms with van der Waals surface area (Å²) in [6.07, 6.45) is 3.64. The first-order valence-corrected chi connectivity index (χ1v) is 11.9. The fraction of sp³-hybridized carbons (Fsp3) is 0.632. The van der Waals surface area contributed by atoms with E-state index in [2.05, 4.69) is 17.9 Å². The van der Waals surface area contributed by atoms with Crippen molar-refractivity contribution in [3.05, 3.63) is 17.7 Å². The third kappa shape index (κ3) is 3.67. The Kier molecular flexibility index (Phi) is 5.07. The Morgan fingerprint density at radius 1 is 1.26 bits per heavy atom. The van der Waals surface area contributed by atoms with E-state index in [-0.39, 0.29) is 5.25 Å². The lowest BCUT2D eigenvalue weighted by Crippen LogP contribution is -2.40. The van der Waals surface area contributed by atoms with Crippen LogP contribution in [0.25, 0.3) is 10.2 Å². The van der Waals surface area contributed by atoms with Crippen LogP contribution in [-0.4, -0.2) is 56.7 Å². The lowest BCUT2D eigenvalue weighted by Gasteiger charge is -2.33. The van der Waals surface area contributed by atoms with Crippen molar-refractivity contribution in [2.45, 2.75) is 37.9 Å². The number of aryl methyl sites for hydroxylation is 1. The molecule has 0 bridgehead atoms. The lowest BCUT2D eigenvalue weighted by atomic mass is 9.97. The highest BCUT2D eigenvalue weighted by molar-refractivity contribution is 7.90. The molecule has 2 heterocycles. The molecule has 6 nitrogen and oxygen atoms in total. The van der Waals surface area contributed by atoms with Gasteiger partial charge in [0.25, 0.3) is 0 Å². The summed E-state index contributed by atoms with van der Waals surface area (Å²) in [5.74, 6) is 1.24. The van der Waals surface area contributed by atoms with Crippen molar-refractivity contribution < 1.29 is 13.2 Å². The second-order valence-corrected chi connectivity index (χ2v) is 11.0. The summed E-state index contributed by atoms with van der Waals surface area (Å²) in [5.41, 5.74) is 2.16. The van der Waals surface area contributed by atoms with E-state index in [0.717, 1.165) is 55.2 Å². The van der Waals surface area contributed by atoms with E-state index in [1.807, 2.05) is 6.07 Å². The maximum absolute atomic E-state index is 12.3. The first-order valence-electron chi connectivity index (χ1n) is 9.54. The van der Waals surface area contributed by atoms with E-state index in [0.29, 0.717) is 12.5 Å². The molecule has 2 fully saturated rings. The highest BCUT2D eigenvalue weighted by Gasteiger charge is 2.39. The number of piperidine rings is 1. The Morgan fingerprint density at radius 2 is 1.96 bits per heavy atom. The molecule has 0 radical (unpaired) electrons. The van der Waals surface area contributed by atoms with Crippen molar-refractivity contribution in [1.29, 1.82) is 0 Å². The highest BCUT2D eigenvalue weighted by atomic mass is 32.2. The largest absolute Gasteiger partial charge is 0.494 e. The van der Waals surface area contributed by atoms with Gasteiger partial charge in [-0.3, -0.25) is 0 Å². The Bertz CT molecular complexity index is 929. The van der Waals surface area contributed by atoms with Crippen LogP contribution >= 0.6 is 11.3 Å². The number of methoxy groups -OCH3 is 1. The molecule has 0 atom stereocenters. The van der Waals surface area contributed by atoms with Gasteiger partial charge in [0, 0.05) is 26.7 Å². The predicted molar refractivity (Wildman–Crippen MR) is 110 cm³/mol. The summed E-state index contributed by atoms with van der Waals surface area (Å²) < 4.78 is 32.9. The van der Waals surface area contributed by atoms with Gasteiger partial charge < -0.3 is 9.64 Å². The van der Waals surface area contributed by atoms with Crippen molar-refractivity contribution >= 4 is 36.7 Å². The molecule has 0 spiro atoms. The van der Waals surface area contributed by atoms with Gasteiger partial charge in [0.15, 0.2) is 5.13 Å². The molecule has 27 heavy (non-hydrogen) atoms. The zero-order chi connectivity index (χ0) is 19.2. The molecule has 0 amide bonds. The van der Waals surface area contributed by atoms with Crippen molar-refractivity contribution in [3.8, 4) is 5.75 Å². The maximum Gasteiger partial charge on any atom is 0.216 e. The van der Waals surface area contributed by atoms with Gasteiger partial charge in [0.1, 0.15) is 11.3 Å². The van der Waals surface area contributed by atoms with E-state index in [9.17, 15) is 8.42 Å². The van der Waals surface area contributed by atoms with Crippen LogP contribution < -0.4 is 9.64 Å². The van der Waals surface area contributed by atoms with E-state index in [1.54, 1.807) is 29.8 Å². The molecular weight excluding hydrogens is 382 g/mol. The van der Waals surface area contributed by atoms with Crippen molar-refractivity contribution in [1.82, 2.24) is 9.29 Å². The van der Waals surface area contributed by atoms with Crippen LogP contribution in [0.3, 0.4) is 0 Å². The van der Waals surface area contributed by atoms with Gasteiger partial charge in [-0.1, -0.05) is 17.4 Å². The normalized spacial score (nSPS) is 19.2. The molecule has 2 aliphatic rings. The van der Waals surface area contributed by atoms with Crippen LogP contribution in [0.1, 0.15) is 31.2 Å². The second-order valence-electron chi connectivity index (χ2n) is 7.71. The number of hydrogen-bond acceptors (Lipinski definition) is 6. The number of hydrogen-bond donors (Lipinski definition) is 0. The van der Waals surface area contributed by atoms with Gasteiger partial charge in [-0.25, -0.2) is 17.7 Å². The van der Waals surface area contributed by atoms with Gasteiger partial charge in [-0.05, 0) is 50.2 Å². The summed E-state index contributed by atoms with van der Waals surface area (Å²) in [4.78, 5) is 7.17. The first kappa shape index (κ1) is 19.0. The smallest absolute Gasteiger partial charge is 0.216 e. The van der Waals surface area contributed by atoms with Crippen molar-refractivity contribution in [2.75, 3.05) is 38.7 Å². The number of aromatic nitrogens is 1. The minimum absolute atomic E-state index is 0.122. The Balaban J connectivity index is 1.42. The number of benzene rings is 1. The van der Waals surface area contributed by atoms with Crippen LogP contribution in [0, 0.1) is 12.8 Å². The standard InChI is InChI=1S/C19H27N3O3S2/c1-13-4-7-16(25-3)17-18(13)26-19(20-17)22-10-8-14(9-11-22)12-21(2)27(23,24)15-5-6-15/h4,7,14-15H,5-6,8-12H2,1-3H3. The number of sulfonamides is 1. The summed E-state index contributed by atoms with van der Waals surface area (Å²) in [6.45, 7) is 4.58. The fourth-order valence-corrected chi connectivity index (χ4v) is 6.56. The lowest BCUT2D eigenvalue weighted by molar-refractivity contribution is 0.327. The molecule has 1 saturated carbocycles. The molecule has 1 aliphatic heterocycles. The third-order valence-corrected chi connectivity index (χ3v) is 9.28. The second kappa shape index (κ2) is 7.22. The number of rotatable bonds is 6. The monoisotopic (exact) mass is 409 g/mol. The molecule has 2 aromatic rings. The average Bonchev–Trinajstić information content (AvgIpc) is 3.42. The van der Waals surface area contributed by atoms with Crippen LogP contribution in [0.4, 0.5) is 5.13 Å². The number of thiazole rings is 1. The molecule has 4 rings (SSSR count). The van der Waals surface area contributed by atoms with Crippen molar-refractivity contribution in [3.63, 3.8) is 0 Å². The molecular formula is C19H27N3O3S2. The quantitative estimate of drug-likeness (QED) is 0.733. The molecule has 1 aliphatic carbocycles. The van der Waals surface area contributed by atoms with E-state index >= 15 is 0 Å². The average molecular weight is 410 g/mol. The molecule has 1 saturated heterocycles. The Labute approximate surface area is 165 Å². The van der Waals surface area contributed by atoms with Crippen LogP contribution in [0.15, 0.2) is 12.1 Å². The minimum Gasteiger partial charge on any atom is -0.494 e. The summed E-state index contributed by atoms with van der Waals surface area (Å²) >= 11 is 1.72. The zero-order valence-electron chi connectivity index (χ0n) is 16.1. The maximum atomic E-state index is 12.3. The summed E-state index contributed by atoms with van der Waals surface area (Å²) in [7, 11) is 0.355. The summed E-state index contributed by atoms with van der Waals surface area (Å²) in [6, 6.07) is 4.05. The van der Waals surface area contributed by atoms with Gasteiger partial charge in [0.05, 0.1) is 17.1 Å². The SMILES string of the molecule is COc1ccc(C)c2sc(N3CCC(CN(C)S(=O)(=O)C4CC4)CC3)nc12.